The van der Waals surface area contributed by atoms with Crippen LogP contribution in [0.4, 0.5) is 34.1 Å². The molecule has 0 spiro atoms. The molecule has 0 atom stereocenters. The van der Waals surface area contributed by atoms with E-state index in [4.69, 9.17) is 0 Å². The first-order chi connectivity index (χ1) is 59.1. The summed E-state index contributed by atoms with van der Waals surface area (Å²) in [6.07, 6.45) is 35.6. The van der Waals surface area contributed by atoms with Crippen molar-refractivity contribution < 1.29 is 0 Å². The summed E-state index contributed by atoms with van der Waals surface area (Å²) in [5.74, 6) is 2.20. The Hall–Kier alpha value is -12.1. The zero-order chi connectivity index (χ0) is 80.8. The van der Waals surface area contributed by atoms with Crippen LogP contribution >= 0.6 is 0 Å². The Morgan fingerprint density at radius 1 is 0.208 bits per heavy atom. The summed E-state index contributed by atoms with van der Waals surface area (Å²) in [4.78, 5) is 5.04. The monoisotopic (exact) mass is 1560 g/mol. The van der Waals surface area contributed by atoms with Gasteiger partial charge in [-0.15, -0.1) is 0 Å². The third-order valence-corrected chi connectivity index (χ3v) is 27.4. The smallest absolute Gasteiger partial charge is 0.0540 e. The van der Waals surface area contributed by atoms with Crippen molar-refractivity contribution >= 4 is 124 Å². The fraction of sp³-hybridized carbons (Fsp3) is 0.237. The maximum Gasteiger partial charge on any atom is 0.0540 e. The fourth-order valence-corrected chi connectivity index (χ4v) is 20.9. The molecule has 0 bridgehead atoms. The fourth-order valence-electron chi connectivity index (χ4n) is 20.9. The van der Waals surface area contributed by atoms with E-state index in [1.807, 2.05) is 0 Å². The standard InChI is InChI=1S/C118H112N2/c1-81-41-57-93(58-42-81)111(89-25-9-5-10-26-89)77-85-49-65-97(66-50-85)119(98-67-51-86(52-68-98)78-112(90-27-11-6-12-28-90)94-59-43-82(2)44-60-94)115-75-73-109(101-33-17-19-35-103(101)115)117-105-37-21-23-39-107(105)118(108-40-24-22-38-106(108)117)110-74-76-116(104-36-20-18-34-102(104)110)120(99-69-53-87(54-70-99)79-113(91-29-13-7-14-30-91)95-61-45-83(3)46-62-95)100-71-55-88(56-72-100)80-114(92-31-15-8-16-32-92)96-63-47-84(4)48-64-96/h17-24,33-80,89-92H,5-16,25-32H2,1-4H3/b111-77-,112-78-,113-79-,114-80-. The largest absolute Gasteiger partial charge is 0.310 e. The Kier molecular flexibility index (Phi) is 23.0. The van der Waals surface area contributed by atoms with Gasteiger partial charge in [0.25, 0.3) is 0 Å². The average Bonchev–Trinajstić information content (AvgIpc) is 0.717. The van der Waals surface area contributed by atoms with Crippen LogP contribution < -0.4 is 9.80 Å². The summed E-state index contributed by atoms with van der Waals surface area (Å²) in [6.45, 7) is 8.79. The van der Waals surface area contributed by atoms with Crippen molar-refractivity contribution in [3.63, 3.8) is 0 Å². The molecule has 2 heteroatoms. The van der Waals surface area contributed by atoms with Gasteiger partial charge in [-0.3, -0.25) is 0 Å². The van der Waals surface area contributed by atoms with Crippen LogP contribution in [0.5, 0.6) is 0 Å². The molecule has 120 heavy (non-hydrogen) atoms. The predicted octanol–water partition coefficient (Wildman–Crippen LogP) is 34.3. The van der Waals surface area contributed by atoms with Crippen molar-refractivity contribution in [2.24, 2.45) is 23.7 Å². The van der Waals surface area contributed by atoms with Crippen LogP contribution in [0.15, 0.2) is 315 Å². The third-order valence-electron chi connectivity index (χ3n) is 27.4. The minimum atomic E-state index is 0.551. The lowest BCUT2D eigenvalue weighted by atomic mass is 9.80. The van der Waals surface area contributed by atoms with Crippen LogP contribution in [-0.4, -0.2) is 0 Å². The molecule has 4 aliphatic carbocycles. The van der Waals surface area contributed by atoms with Gasteiger partial charge in [0.05, 0.1) is 11.4 Å². The molecule has 15 aromatic carbocycles. The number of fused-ring (bicyclic) bond motifs is 4. The van der Waals surface area contributed by atoms with Crippen molar-refractivity contribution in [1.82, 2.24) is 0 Å². The molecule has 0 aromatic heterocycles. The molecule has 2 nitrogen and oxygen atoms in total. The third kappa shape index (κ3) is 16.5. The first kappa shape index (κ1) is 77.8. The number of nitrogens with zero attached hydrogens (tertiary/aromatic N) is 2. The van der Waals surface area contributed by atoms with Gasteiger partial charge >= 0.3 is 0 Å². The molecule has 0 aliphatic heterocycles. The van der Waals surface area contributed by atoms with E-state index in [-0.39, 0.29) is 0 Å². The molecule has 15 aromatic rings. The lowest BCUT2D eigenvalue weighted by Gasteiger charge is -2.29. The van der Waals surface area contributed by atoms with Crippen molar-refractivity contribution in [3.05, 3.63) is 382 Å². The molecule has 0 amide bonds. The molecule has 0 N–H and O–H groups in total. The quantitative estimate of drug-likeness (QED) is 0.0554. The van der Waals surface area contributed by atoms with E-state index in [1.165, 1.54) is 283 Å². The molecule has 4 saturated carbocycles. The zero-order valence-corrected chi connectivity index (χ0v) is 70.7. The van der Waals surface area contributed by atoms with E-state index in [0.717, 1.165) is 34.1 Å². The maximum absolute atomic E-state index is 2.52. The number of aryl methyl sites for hydroxylation is 4. The first-order valence-electron chi connectivity index (χ1n) is 45.3. The number of allylic oxidation sites excluding steroid dienone is 4. The summed E-state index contributed by atoms with van der Waals surface area (Å²) in [7, 11) is 0. The molecular weight excluding hydrogens is 1450 g/mol. The summed E-state index contributed by atoms with van der Waals surface area (Å²) < 4.78 is 0. The van der Waals surface area contributed by atoms with Crippen molar-refractivity contribution in [2.45, 2.75) is 156 Å². The van der Waals surface area contributed by atoms with Crippen LogP contribution in [0, 0.1) is 51.4 Å². The maximum atomic E-state index is 2.52. The highest BCUT2D eigenvalue weighted by Gasteiger charge is 2.29. The molecule has 594 valence electrons. The van der Waals surface area contributed by atoms with E-state index in [2.05, 4.69) is 377 Å². The van der Waals surface area contributed by atoms with Gasteiger partial charge in [-0.1, -0.05) is 378 Å². The Bertz CT molecular complexity index is 5580. The molecule has 0 unspecified atom stereocenters. The molecule has 19 rings (SSSR count). The highest BCUT2D eigenvalue weighted by atomic mass is 15.1. The topological polar surface area (TPSA) is 6.48 Å². The van der Waals surface area contributed by atoms with Crippen LogP contribution in [0.1, 0.15) is 195 Å². The van der Waals surface area contributed by atoms with Gasteiger partial charge in [0.1, 0.15) is 0 Å². The highest BCUT2D eigenvalue weighted by molar-refractivity contribution is 6.26. The number of anilines is 6. The number of hydrogen-bond acceptors (Lipinski definition) is 2. The number of hydrogen-bond donors (Lipinski definition) is 0. The lowest BCUT2D eigenvalue weighted by Crippen LogP contribution is -2.11. The highest BCUT2D eigenvalue weighted by Crippen LogP contribution is 2.52. The molecule has 0 radical (unpaired) electrons. The van der Waals surface area contributed by atoms with Crippen LogP contribution in [0.3, 0.4) is 0 Å². The Labute approximate surface area is 713 Å². The zero-order valence-electron chi connectivity index (χ0n) is 70.7. The Morgan fingerprint density at radius 2 is 0.417 bits per heavy atom. The van der Waals surface area contributed by atoms with Gasteiger partial charge in [0.2, 0.25) is 0 Å². The number of benzene rings is 15. The summed E-state index contributed by atoms with van der Waals surface area (Å²) in [5, 5.41) is 9.72. The second kappa shape index (κ2) is 35.4. The minimum absolute atomic E-state index is 0.551. The van der Waals surface area contributed by atoms with Crippen LogP contribution in [-0.2, 0) is 0 Å². The first-order valence-corrected chi connectivity index (χ1v) is 45.3. The summed E-state index contributed by atoms with van der Waals surface area (Å²) in [6, 6.07) is 122. The SMILES string of the molecule is Cc1ccc(/C(=C\c2ccc(N(c3ccc(/C=C(\c4ccc(C)cc4)C4CCCCC4)cc3)c3ccc(-c4c5ccccc5c(-c5ccc(N(c6ccc(/C=C(\c7ccc(C)cc7)C7CCCCC7)cc6)c6ccc(/C=C(\c7ccc(C)cc7)C7CCCCC7)cc6)c6ccccc56)c5ccccc45)c4ccccc34)cc2)C2CCCCC2)cc1. The Balaban J connectivity index is 0.734. The minimum Gasteiger partial charge on any atom is -0.310 e. The van der Waals surface area contributed by atoms with Gasteiger partial charge in [-0.05, 0) is 285 Å². The average molecular weight is 1560 g/mol. The molecule has 0 heterocycles. The van der Waals surface area contributed by atoms with Crippen molar-refractivity contribution in [2.75, 3.05) is 9.80 Å². The summed E-state index contributed by atoms with van der Waals surface area (Å²) in [5.41, 5.74) is 33.1. The van der Waals surface area contributed by atoms with Crippen LogP contribution in [0.2, 0.25) is 0 Å². The molecule has 4 fully saturated rings. The number of rotatable bonds is 20. The van der Waals surface area contributed by atoms with Gasteiger partial charge in [0.15, 0.2) is 0 Å². The second-order valence-corrected chi connectivity index (χ2v) is 35.4. The second-order valence-electron chi connectivity index (χ2n) is 35.4. The predicted molar refractivity (Wildman–Crippen MR) is 519 cm³/mol. The molecule has 4 aliphatic rings. The van der Waals surface area contributed by atoms with E-state index in [0.29, 0.717) is 23.7 Å². The summed E-state index contributed by atoms with van der Waals surface area (Å²) >= 11 is 0. The molecular formula is C118H112N2. The Morgan fingerprint density at radius 3 is 0.642 bits per heavy atom. The van der Waals surface area contributed by atoms with Crippen LogP contribution in [0.25, 0.3) is 112 Å². The normalized spacial score (nSPS) is 15.9. The van der Waals surface area contributed by atoms with E-state index >= 15 is 0 Å². The van der Waals surface area contributed by atoms with Gasteiger partial charge in [0, 0.05) is 33.5 Å². The van der Waals surface area contributed by atoms with E-state index in [1.54, 1.807) is 0 Å². The van der Waals surface area contributed by atoms with Gasteiger partial charge < -0.3 is 9.80 Å². The van der Waals surface area contributed by atoms with Gasteiger partial charge in [-0.2, -0.15) is 0 Å². The van der Waals surface area contributed by atoms with Crippen molar-refractivity contribution in [3.8, 4) is 22.3 Å². The molecule has 0 saturated heterocycles. The lowest BCUT2D eigenvalue weighted by molar-refractivity contribution is 0.430. The van der Waals surface area contributed by atoms with Gasteiger partial charge in [-0.25, -0.2) is 0 Å². The van der Waals surface area contributed by atoms with E-state index < -0.39 is 0 Å². The van der Waals surface area contributed by atoms with E-state index in [9.17, 15) is 0 Å². The van der Waals surface area contributed by atoms with Crippen molar-refractivity contribution in [1.29, 1.82) is 0 Å².